The summed E-state index contributed by atoms with van der Waals surface area (Å²) in [5, 5.41) is 8.20. The molecule has 0 saturated carbocycles. The molecule has 0 atom stereocenters. The third-order valence-corrected chi connectivity index (χ3v) is 5.92. The molecule has 5 rings (SSSR count). The van der Waals surface area contributed by atoms with E-state index < -0.39 is 12.2 Å². The zero-order valence-corrected chi connectivity index (χ0v) is 18.4. The van der Waals surface area contributed by atoms with Gasteiger partial charge in [-0.1, -0.05) is 0 Å². The van der Waals surface area contributed by atoms with Gasteiger partial charge in [0.05, 0.1) is 18.1 Å². The SMILES string of the molecule is Cn1cc(CN2CCN(C(=O)c3cnn4c(C(F)F)cc(-c5ccc(F)cc5)nc34)CC2)cn1. The number of fused-ring (bicyclic) bond motifs is 1. The van der Waals surface area contributed by atoms with E-state index in [0.29, 0.717) is 31.7 Å². The molecule has 1 aliphatic heterocycles. The van der Waals surface area contributed by atoms with Crippen molar-refractivity contribution in [3.63, 3.8) is 0 Å². The highest BCUT2D eigenvalue weighted by Crippen LogP contribution is 2.27. The van der Waals surface area contributed by atoms with Gasteiger partial charge in [0, 0.05) is 57.1 Å². The molecule has 4 aromatic rings. The molecule has 1 saturated heterocycles. The average Bonchev–Trinajstić information content (AvgIpc) is 3.44. The van der Waals surface area contributed by atoms with Crippen LogP contribution in [0.1, 0.15) is 28.0 Å². The third-order valence-electron chi connectivity index (χ3n) is 5.92. The monoisotopic (exact) mass is 469 g/mol. The van der Waals surface area contributed by atoms with Crippen LogP contribution in [-0.2, 0) is 13.6 Å². The minimum Gasteiger partial charge on any atom is -0.336 e. The number of alkyl halides is 2. The number of hydrogen-bond donors (Lipinski definition) is 0. The van der Waals surface area contributed by atoms with E-state index in [1.165, 1.54) is 36.5 Å². The van der Waals surface area contributed by atoms with Crippen LogP contribution in [0.5, 0.6) is 0 Å². The van der Waals surface area contributed by atoms with Gasteiger partial charge in [-0.2, -0.15) is 10.2 Å². The fraction of sp³-hybridized carbons (Fsp3) is 0.304. The molecule has 1 aliphatic rings. The number of rotatable bonds is 5. The highest BCUT2D eigenvalue weighted by Gasteiger charge is 2.27. The fourth-order valence-corrected chi connectivity index (χ4v) is 4.15. The molecule has 1 fully saturated rings. The normalized spacial score (nSPS) is 14.9. The van der Waals surface area contributed by atoms with Crippen molar-refractivity contribution in [2.75, 3.05) is 26.2 Å². The summed E-state index contributed by atoms with van der Waals surface area (Å²) in [6.07, 6.45) is 2.24. The molecule has 4 heterocycles. The van der Waals surface area contributed by atoms with Gasteiger partial charge in [0.1, 0.15) is 17.1 Å². The smallest absolute Gasteiger partial charge is 0.280 e. The van der Waals surface area contributed by atoms with Crippen molar-refractivity contribution in [3.8, 4) is 11.3 Å². The Kier molecular flexibility index (Phi) is 5.78. The van der Waals surface area contributed by atoms with Gasteiger partial charge < -0.3 is 4.90 Å². The molecule has 0 aliphatic carbocycles. The Morgan fingerprint density at radius 3 is 2.44 bits per heavy atom. The average molecular weight is 469 g/mol. The number of carbonyl (C=O) groups excluding carboxylic acids is 1. The first-order chi connectivity index (χ1) is 16.4. The maximum atomic E-state index is 13.8. The summed E-state index contributed by atoms with van der Waals surface area (Å²) in [7, 11) is 1.87. The van der Waals surface area contributed by atoms with Crippen LogP contribution in [-0.4, -0.2) is 66.3 Å². The number of aryl methyl sites for hydroxylation is 1. The Morgan fingerprint density at radius 2 is 1.79 bits per heavy atom. The summed E-state index contributed by atoms with van der Waals surface area (Å²) in [6.45, 7) is 3.09. The Balaban J connectivity index is 1.40. The summed E-state index contributed by atoms with van der Waals surface area (Å²) in [5.74, 6) is -0.748. The van der Waals surface area contributed by atoms with Gasteiger partial charge in [-0.05, 0) is 30.3 Å². The molecule has 0 radical (unpaired) electrons. The Labute approximate surface area is 193 Å². The summed E-state index contributed by atoms with van der Waals surface area (Å²) in [4.78, 5) is 21.6. The number of hydrogen-bond acceptors (Lipinski definition) is 5. The largest absolute Gasteiger partial charge is 0.336 e. The molecule has 0 spiro atoms. The van der Waals surface area contributed by atoms with Gasteiger partial charge in [-0.15, -0.1) is 0 Å². The number of piperazine rings is 1. The third kappa shape index (κ3) is 4.26. The van der Waals surface area contributed by atoms with Crippen LogP contribution in [0, 0.1) is 5.82 Å². The van der Waals surface area contributed by atoms with E-state index in [-0.39, 0.29) is 28.5 Å². The predicted octanol–water partition coefficient (Wildman–Crippen LogP) is 3.16. The van der Waals surface area contributed by atoms with Crippen LogP contribution in [0.15, 0.2) is 48.9 Å². The summed E-state index contributed by atoms with van der Waals surface area (Å²) in [6, 6.07) is 6.60. The molecule has 11 heteroatoms. The Hall–Kier alpha value is -3.73. The molecule has 176 valence electrons. The van der Waals surface area contributed by atoms with Gasteiger partial charge in [-0.3, -0.25) is 14.4 Å². The van der Waals surface area contributed by atoms with E-state index in [0.717, 1.165) is 16.6 Å². The van der Waals surface area contributed by atoms with Crippen LogP contribution < -0.4 is 0 Å². The quantitative estimate of drug-likeness (QED) is 0.449. The van der Waals surface area contributed by atoms with E-state index in [4.69, 9.17) is 0 Å². The standard InChI is InChI=1S/C23H22F3N7O/c1-30-13-15(11-27-30)14-31-6-8-32(9-7-31)23(34)18-12-28-33-20(21(25)26)10-19(29-22(18)33)16-2-4-17(24)5-3-16/h2-5,10-13,21H,6-9,14H2,1H3. The van der Waals surface area contributed by atoms with Crippen molar-refractivity contribution in [2.24, 2.45) is 7.05 Å². The summed E-state index contributed by atoms with van der Waals surface area (Å²) < 4.78 is 43.7. The molecule has 0 bridgehead atoms. The van der Waals surface area contributed by atoms with E-state index in [1.54, 1.807) is 9.58 Å². The molecule has 3 aromatic heterocycles. The topological polar surface area (TPSA) is 71.6 Å². The van der Waals surface area contributed by atoms with Gasteiger partial charge >= 0.3 is 0 Å². The molecule has 0 unspecified atom stereocenters. The van der Waals surface area contributed by atoms with Crippen molar-refractivity contribution in [3.05, 3.63) is 71.6 Å². The van der Waals surface area contributed by atoms with E-state index in [1.807, 2.05) is 19.4 Å². The fourth-order valence-electron chi connectivity index (χ4n) is 4.15. The molecular formula is C23H22F3N7O. The molecule has 8 nitrogen and oxygen atoms in total. The van der Waals surface area contributed by atoms with Crippen molar-refractivity contribution in [1.82, 2.24) is 34.2 Å². The maximum absolute atomic E-state index is 13.8. The lowest BCUT2D eigenvalue weighted by molar-refractivity contribution is 0.0630. The molecule has 1 aromatic carbocycles. The lowest BCUT2D eigenvalue weighted by Crippen LogP contribution is -2.48. The van der Waals surface area contributed by atoms with Crippen molar-refractivity contribution in [2.45, 2.75) is 13.0 Å². The highest BCUT2D eigenvalue weighted by molar-refractivity contribution is 6.00. The van der Waals surface area contributed by atoms with Gasteiger partial charge in [0.25, 0.3) is 12.3 Å². The zero-order chi connectivity index (χ0) is 23.8. The lowest BCUT2D eigenvalue weighted by atomic mass is 10.1. The molecule has 1 amide bonds. The zero-order valence-electron chi connectivity index (χ0n) is 18.4. The van der Waals surface area contributed by atoms with Gasteiger partial charge in [0.2, 0.25) is 0 Å². The van der Waals surface area contributed by atoms with Gasteiger partial charge in [-0.25, -0.2) is 22.7 Å². The van der Waals surface area contributed by atoms with Crippen LogP contribution in [0.4, 0.5) is 13.2 Å². The number of carbonyl (C=O) groups is 1. The minimum atomic E-state index is -2.83. The number of aromatic nitrogens is 5. The molecule has 0 N–H and O–H groups in total. The van der Waals surface area contributed by atoms with Gasteiger partial charge in [0.15, 0.2) is 5.65 Å². The maximum Gasteiger partial charge on any atom is 0.280 e. The van der Waals surface area contributed by atoms with Crippen molar-refractivity contribution < 1.29 is 18.0 Å². The second-order valence-corrected chi connectivity index (χ2v) is 8.26. The summed E-state index contributed by atoms with van der Waals surface area (Å²) >= 11 is 0. The Morgan fingerprint density at radius 1 is 1.06 bits per heavy atom. The Bertz CT molecular complexity index is 1320. The predicted molar refractivity (Wildman–Crippen MR) is 118 cm³/mol. The lowest BCUT2D eigenvalue weighted by Gasteiger charge is -2.34. The van der Waals surface area contributed by atoms with Crippen LogP contribution in [0.25, 0.3) is 16.9 Å². The van der Waals surface area contributed by atoms with Crippen molar-refractivity contribution in [1.29, 1.82) is 0 Å². The number of nitrogens with zero attached hydrogens (tertiary/aromatic N) is 7. The van der Waals surface area contributed by atoms with E-state index in [9.17, 15) is 18.0 Å². The molecular weight excluding hydrogens is 447 g/mol. The van der Waals surface area contributed by atoms with Crippen LogP contribution in [0.3, 0.4) is 0 Å². The first kappa shape index (κ1) is 22.1. The van der Waals surface area contributed by atoms with Crippen LogP contribution >= 0.6 is 0 Å². The first-order valence-electron chi connectivity index (χ1n) is 10.8. The number of halogens is 3. The summed E-state index contributed by atoms with van der Waals surface area (Å²) in [5.41, 5.74) is 1.62. The first-order valence-corrected chi connectivity index (χ1v) is 10.8. The second-order valence-electron chi connectivity index (χ2n) is 8.26. The number of amides is 1. The highest BCUT2D eigenvalue weighted by atomic mass is 19.3. The minimum absolute atomic E-state index is 0.0555. The van der Waals surface area contributed by atoms with E-state index in [2.05, 4.69) is 20.1 Å². The molecule has 34 heavy (non-hydrogen) atoms. The number of benzene rings is 1. The van der Waals surface area contributed by atoms with Crippen LogP contribution in [0.2, 0.25) is 0 Å². The van der Waals surface area contributed by atoms with E-state index >= 15 is 0 Å². The second kappa shape index (κ2) is 8.90. The van der Waals surface area contributed by atoms with Crippen molar-refractivity contribution >= 4 is 11.6 Å².